The number of aromatic carboxylic acids is 1. The van der Waals surface area contributed by atoms with E-state index >= 15 is 0 Å². The smallest absolute Gasteiger partial charge is 0.412 e. The fourth-order valence-corrected chi connectivity index (χ4v) is 1.07. The Kier molecular flexibility index (Phi) is 4.21. The third-order valence-corrected chi connectivity index (χ3v) is 1.80. The number of amides is 1. The monoisotopic (exact) mass is 239 g/mol. The van der Waals surface area contributed by atoms with Gasteiger partial charge >= 0.3 is 12.1 Å². The molecule has 0 bridgehead atoms. The fourth-order valence-electron chi connectivity index (χ4n) is 1.07. The quantitative estimate of drug-likeness (QED) is 0.790. The third kappa shape index (κ3) is 3.30. The van der Waals surface area contributed by atoms with Crippen LogP contribution in [0.4, 0.5) is 14.9 Å². The van der Waals surface area contributed by atoms with Gasteiger partial charge in [-0.2, -0.15) is 0 Å². The van der Waals surface area contributed by atoms with E-state index in [2.05, 4.69) is 16.6 Å². The lowest BCUT2D eigenvalue weighted by atomic mass is 10.2. The molecule has 0 unspecified atom stereocenters. The van der Waals surface area contributed by atoms with Gasteiger partial charge in [0.2, 0.25) is 0 Å². The molecule has 0 saturated carbocycles. The van der Waals surface area contributed by atoms with E-state index in [-0.39, 0.29) is 12.3 Å². The summed E-state index contributed by atoms with van der Waals surface area (Å²) in [6, 6.07) is 3.64. The summed E-state index contributed by atoms with van der Waals surface area (Å²) in [5, 5.41) is 10.8. The maximum absolute atomic E-state index is 13.5. The molecule has 1 aromatic rings. The SMILES string of the molecule is C=CCOC(=O)Nc1cccc(C(=O)O)c1F. The van der Waals surface area contributed by atoms with Gasteiger partial charge in [0.15, 0.2) is 5.82 Å². The normalized spacial score (nSPS) is 9.47. The average Bonchev–Trinajstić information content (AvgIpc) is 2.28. The molecule has 2 N–H and O–H groups in total. The molecule has 0 aromatic heterocycles. The Hall–Kier alpha value is -2.37. The van der Waals surface area contributed by atoms with E-state index in [1.54, 1.807) is 0 Å². The lowest BCUT2D eigenvalue weighted by Gasteiger charge is -2.07. The lowest BCUT2D eigenvalue weighted by molar-refractivity contribution is 0.0692. The minimum Gasteiger partial charge on any atom is -0.478 e. The molecular weight excluding hydrogens is 229 g/mol. The van der Waals surface area contributed by atoms with Gasteiger partial charge in [0.1, 0.15) is 6.61 Å². The number of halogens is 1. The molecule has 5 nitrogen and oxygen atoms in total. The molecule has 0 aliphatic carbocycles. The maximum atomic E-state index is 13.5. The fraction of sp³-hybridized carbons (Fsp3) is 0.0909. The lowest BCUT2D eigenvalue weighted by Crippen LogP contribution is -2.15. The van der Waals surface area contributed by atoms with Crippen molar-refractivity contribution in [2.24, 2.45) is 0 Å². The number of rotatable bonds is 4. The van der Waals surface area contributed by atoms with Gasteiger partial charge in [-0.25, -0.2) is 14.0 Å². The first-order valence-corrected chi connectivity index (χ1v) is 4.62. The summed E-state index contributed by atoms with van der Waals surface area (Å²) in [6.45, 7) is 3.32. The molecule has 0 aliphatic heterocycles. The van der Waals surface area contributed by atoms with Crippen molar-refractivity contribution in [1.29, 1.82) is 0 Å². The largest absolute Gasteiger partial charge is 0.478 e. The van der Waals surface area contributed by atoms with Gasteiger partial charge in [0.05, 0.1) is 11.3 Å². The number of carbonyl (C=O) groups excluding carboxylic acids is 1. The molecule has 90 valence electrons. The summed E-state index contributed by atoms with van der Waals surface area (Å²) in [5.74, 6) is -2.43. The molecule has 17 heavy (non-hydrogen) atoms. The molecule has 0 fully saturated rings. The van der Waals surface area contributed by atoms with Crippen LogP contribution in [0.1, 0.15) is 10.4 Å². The molecular formula is C11H10FNO4. The second-order valence-electron chi connectivity index (χ2n) is 2.98. The Bertz CT molecular complexity index is 459. The minimum absolute atomic E-state index is 0.0218. The van der Waals surface area contributed by atoms with Crippen LogP contribution < -0.4 is 5.32 Å². The number of carbonyl (C=O) groups is 2. The number of nitrogens with one attached hydrogen (secondary N) is 1. The molecule has 1 amide bonds. The van der Waals surface area contributed by atoms with E-state index in [1.165, 1.54) is 18.2 Å². The number of carboxylic acid groups (broad SMARTS) is 1. The van der Waals surface area contributed by atoms with E-state index in [9.17, 15) is 14.0 Å². The topological polar surface area (TPSA) is 75.6 Å². The number of anilines is 1. The maximum Gasteiger partial charge on any atom is 0.412 e. The van der Waals surface area contributed by atoms with E-state index < -0.39 is 23.4 Å². The van der Waals surface area contributed by atoms with Gasteiger partial charge in [-0.05, 0) is 12.1 Å². The van der Waals surface area contributed by atoms with E-state index in [0.717, 1.165) is 6.07 Å². The molecule has 1 aromatic carbocycles. The van der Waals surface area contributed by atoms with Gasteiger partial charge in [-0.1, -0.05) is 18.7 Å². The predicted molar refractivity (Wildman–Crippen MR) is 58.5 cm³/mol. The molecule has 1 rings (SSSR count). The predicted octanol–water partition coefficient (Wildman–Crippen LogP) is 2.26. The highest BCUT2D eigenvalue weighted by Crippen LogP contribution is 2.18. The summed E-state index contributed by atoms with van der Waals surface area (Å²) < 4.78 is 18.1. The van der Waals surface area contributed by atoms with Crippen LogP contribution >= 0.6 is 0 Å². The second-order valence-corrected chi connectivity index (χ2v) is 2.98. The summed E-state index contributed by atoms with van der Waals surface area (Å²) in [6.07, 6.45) is 0.468. The molecule has 0 aliphatic rings. The molecule has 0 spiro atoms. The van der Waals surface area contributed by atoms with E-state index in [0.29, 0.717) is 0 Å². The van der Waals surface area contributed by atoms with Crippen LogP contribution in [0.15, 0.2) is 30.9 Å². The van der Waals surface area contributed by atoms with Crippen molar-refractivity contribution in [3.8, 4) is 0 Å². The van der Waals surface area contributed by atoms with Gasteiger partial charge in [-0.3, -0.25) is 5.32 Å². The Labute approximate surface area is 96.5 Å². The number of carboxylic acids is 1. The first-order valence-electron chi connectivity index (χ1n) is 4.62. The van der Waals surface area contributed by atoms with Crippen LogP contribution in [0.2, 0.25) is 0 Å². The zero-order valence-corrected chi connectivity index (χ0v) is 8.77. The van der Waals surface area contributed by atoms with Gasteiger partial charge < -0.3 is 9.84 Å². The van der Waals surface area contributed by atoms with Gasteiger partial charge in [0, 0.05) is 0 Å². The van der Waals surface area contributed by atoms with Crippen molar-refractivity contribution < 1.29 is 23.8 Å². The highest BCUT2D eigenvalue weighted by atomic mass is 19.1. The van der Waals surface area contributed by atoms with Crippen LogP contribution in [0, 0.1) is 5.82 Å². The van der Waals surface area contributed by atoms with Crippen LogP contribution in [0.3, 0.4) is 0 Å². The van der Waals surface area contributed by atoms with Crippen molar-refractivity contribution in [3.63, 3.8) is 0 Å². The standard InChI is InChI=1S/C11H10FNO4/c1-2-6-17-11(16)13-8-5-3-4-7(9(8)12)10(14)15/h2-5H,1,6H2,(H,13,16)(H,14,15). The zero-order valence-electron chi connectivity index (χ0n) is 8.77. The molecule has 6 heteroatoms. The van der Waals surface area contributed by atoms with Crippen molar-refractivity contribution in [2.75, 3.05) is 11.9 Å². The Balaban J connectivity index is 2.85. The first kappa shape index (κ1) is 12.7. The van der Waals surface area contributed by atoms with Crippen LogP contribution in [0.25, 0.3) is 0 Å². The van der Waals surface area contributed by atoms with Crippen LogP contribution in [-0.2, 0) is 4.74 Å². The van der Waals surface area contributed by atoms with Crippen molar-refractivity contribution in [1.82, 2.24) is 0 Å². The van der Waals surface area contributed by atoms with Gasteiger partial charge in [-0.15, -0.1) is 0 Å². The Morgan fingerprint density at radius 2 is 2.24 bits per heavy atom. The zero-order chi connectivity index (χ0) is 12.8. The first-order chi connectivity index (χ1) is 8.06. The van der Waals surface area contributed by atoms with Crippen molar-refractivity contribution >= 4 is 17.7 Å². The van der Waals surface area contributed by atoms with Crippen molar-refractivity contribution in [3.05, 3.63) is 42.2 Å². The summed E-state index contributed by atoms with van der Waals surface area (Å²) in [7, 11) is 0. The number of hydrogen-bond acceptors (Lipinski definition) is 3. The molecule has 0 radical (unpaired) electrons. The molecule has 0 saturated heterocycles. The Morgan fingerprint density at radius 3 is 2.82 bits per heavy atom. The Morgan fingerprint density at radius 1 is 1.53 bits per heavy atom. The van der Waals surface area contributed by atoms with E-state index in [4.69, 9.17) is 5.11 Å². The third-order valence-electron chi connectivity index (χ3n) is 1.80. The highest BCUT2D eigenvalue weighted by Gasteiger charge is 2.15. The van der Waals surface area contributed by atoms with Gasteiger partial charge in [0.25, 0.3) is 0 Å². The summed E-state index contributed by atoms with van der Waals surface area (Å²) >= 11 is 0. The molecule has 0 atom stereocenters. The van der Waals surface area contributed by atoms with Crippen LogP contribution in [0.5, 0.6) is 0 Å². The summed E-state index contributed by atoms with van der Waals surface area (Å²) in [5.41, 5.74) is -0.773. The van der Waals surface area contributed by atoms with Crippen molar-refractivity contribution in [2.45, 2.75) is 0 Å². The second kappa shape index (κ2) is 5.64. The molecule has 0 heterocycles. The number of hydrogen-bond donors (Lipinski definition) is 2. The summed E-state index contributed by atoms with van der Waals surface area (Å²) in [4.78, 5) is 21.7. The highest BCUT2D eigenvalue weighted by molar-refractivity contribution is 5.91. The number of benzene rings is 1. The average molecular weight is 239 g/mol. The van der Waals surface area contributed by atoms with E-state index in [1.807, 2.05) is 0 Å². The van der Waals surface area contributed by atoms with Crippen LogP contribution in [-0.4, -0.2) is 23.8 Å². The number of ether oxygens (including phenoxy) is 1. The minimum atomic E-state index is -1.41.